The highest BCUT2D eigenvalue weighted by atomic mass is 16.1. The van der Waals surface area contributed by atoms with E-state index < -0.39 is 5.54 Å². The molecule has 1 amide bonds. The lowest BCUT2D eigenvalue weighted by atomic mass is 9.90. The molecule has 3 N–H and O–H groups in total. The van der Waals surface area contributed by atoms with Crippen molar-refractivity contribution in [1.82, 2.24) is 10.2 Å². The quantitative estimate of drug-likeness (QED) is 0.723. The van der Waals surface area contributed by atoms with Gasteiger partial charge in [0, 0.05) is 12.5 Å². The fourth-order valence-corrected chi connectivity index (χ4v) is 3.15. The Bertz CT molecular complexity index is 380. The zero-order chi connectivity index (χ0) is 14.6. The molecule has 2 aliphatic rings. The summed E-state index contributed by atoms with van der Waals surface area (Å²) < 4.78 is 0. The maximum Gasteiger partial charge on any atom is 0.220 e. The van der Waals surface area contributed by atoms with Gasteiger partial charge in [-0.2, -0.15) is 5.26 Å². The molecule has 1 aliphatic carbocycles. The highest BCUT2D eigenvalue weighted by Gasteiger charge is 2.46. The largest absolute Gasteiger partial charge is 0.369 e. The average molecular weight is 278 g/mol. The van der Waals surface area contributed by atoms with Crippen molar-refractivity contribution in [3.8, 4) is 6.07 Å². The summed E-state index contributed by atoms with van der Waals surface area (Å²) in [6, 6.07) is 2.55. The third-order valence-corrected chi connectivity index (χ3v) is 4.63. The number of likely N-dealkylation sites (tertiary alicyclic amines) is 1. The zero-order valence-electron chi connectivity index (χ0n) is 12.4. The molecule has 0 aromatic rings. The Balaban J connectivity index is 1.92. The fraction of sp³-hybridized carbons (Fsp3) is 0.867. The SMILES string of the molecule is CCCNC(C#N)(CN1CCC(C(N)=O)CC1)C1CC1. The first-order valence-electron chi connectivity index (χ1n) is 7.79. The second kappa shape index (κ2) is 6.55. The van der Waals surface area contributed by atoms with Crippen LogP contribution in [-0.2, 0) is 4.79 Å². The average Bonchev–Trinajstić information content (AvgIpc) is 3.29. The van der Waals surface area contributed by atoms with E-state index in [0.717, 1.165) is 58.3 Å². The van der Waals surface area contributed by atoms with Crippen LogP contribution < -0.4 is 11.1 Å². The van der Waals surface area contributed by atoms with Gasteiger partial charge >= 0.3 is 0 Å². The van der Waals surface area contributed by atoms with Crippen LogP contribution >= 0.6 is 0 Å². The standard InChI is InChI=1S/C15H26N4O/c1-2-7-18-15(10-16,13-3-4-13)11-19-8-5-12(6-9-19)14(17)20/h12-13,18H,2-9,11H2,1H3,(H2,17,20). The minimum atomic E-state index is -0.393. The second-order valence-electron chi connectivity index (χ2n) is 6.24. The molecule has 1 aliphatic heterocycles. The first kappa shape index (κ1) is 15.3. The summed E-state index contributed by atoms with van der Waals surface area (Å²) in [5, 5.41) is 13.2. The molecule has 112 valence electrons. The Morgan fingerprint density at radius 2 is 2.05 bits per heavy atom. The minimum Gasteiger partial charge on any atom is -0.369 e. The number of rotatable bonds is 7. The summed E-state index contributed by atoms with van der Waals surface area (Å²) in [6.07, 6.45) is 5.01. The summed E-state index contributed by atoms with van der Waals surface area (Å²) >= 11 is 0. The van der Waals surface area contributed by atoms with Crippen LogP contribution in [-0.4, -0.2) is 42.5 Å². The van der Waals surface area contributed by atoms with Crippen molar-refractivity contribution in [1.29, 1.82) is 5.26 Å². The maximum atomic E-state index is 11.2. The Labute approximate surface area is 121 Å². The molecule has 0 bridgehead atoms. The molecule has 0 radical (unpaired) electrons. The molecule has 2 rings (SSSR count). The van der Waals surface area contributed by atoms with Crippen molar-refractivity contribution in [3.63, 3.8) is 0 Å². The van der Waals surface area contributed by atoms with Gasteiger partial charge in [-0.25, -0.2) is 0 Å². The number of hydrogen-bond acceptors (Lipinski definition) is 4. The summed E-state index contributed by atoms with van der Waals surface area (Å²) in [5.74, 6) is 0.336. The number of primary amides is 1. The van der Waals surface area contributed by atoms with Crippen molar-refractivity contribution >= 4 is 5.91 Å². The summed E-state index contributed by atoms with van der Waals surface area (Å²) in [7, 11) is 0. The van der Waals surface area contributed by atoms with E-state index in [9.17, 15) is 10.1 Å². The van der Waals surface area contributed by atoms with E-state index in [0.29, 0.717) is 5.92 Å². The first-order valence-corrected chi connectivity index (χ1v) is 7.79. The number of nitrogens with one attached hydrogen (secondary N) is 1. The molecule has 20 heavy (non-hydrogen) atoms. The number of amides is 1. The number of carbonyl (C=O) groups is 1. The Morgan fingerprint density at radius 3 is 2.50 bits per heavy atom. The van der Waals surface area contributed by atoms with Gasteiger partial charge < -0.3 is 10.6 Å². The molecule has 5 heteroatoms. The molecule has 0 spiro atoms. The predicted octanol–water partition coefficient (Wildman–Crippen LogP) is 0.856. The van der Waals surface area contributed by atoms with E-state index in [1.54, 1.807) is 0 Å². The van der Waals surface area contributed by atoms with Gasteiger partial charge in [0.2, 0.25) is 5.91 Å². The topological polar surface area (TPSA) is 82.2 Å². The Hall–Kier alpha value is -1.12. The van der Waals surface area contributed by atoms with Crippen molar-refractivity contribution in [2.24, 2.45) is 17.6 Å². The molecule has 1 unspecified atom stereocenters. The van der Waals surface area contributed by atoms with Crippen LogP contribution in [0.2, 0.25) is 0 Å². The molecular weight excluding hydrogens is 252 g/mol. The number of nitrogens with zero attached hydrogens (tertiary/aromatic N) is 2. The molecule has 1 atom stereocenters. The van der Waals surface area contributed by atoms with E-state index >= 15 is 0 Å². The van der Waals surface area contributed by atoms with Crippen LogP contribution in [0.4, 0.5) is 0 Å². The molecule has 1 heterocycles. The highest BCUT2D eigenvalue weighted by molar-refractivity contribution is 5.76. The third-order valence-electron chi connectivity index (χ3n) is 4.63. The van der Waals surface area contributed by atoms with Crippen LogP contribution in [0.3, 0.4) is 0 Å². The molecule has 1 saturated carbocycles. The number of nitrogens with two attached hydrogens (primary N) is 1. The van der Waals surface area contributed by atoms with Crippen LogP contribution in [0.1, 0.15) is 39.0 Å². The van der Waals surface area contributed by atoms with E-state index in [4.69, 9.17) is 5.73 Å². The van der Waals surface area contributed by atoms with Gasteiger partial charge in [0.25, 0.3) is 0 Å². The molecule has 2 fully saturated rings. The molecular formula is C15H26N4O. The van der Waals surface area contributed by atoms with E-state index in [1.165, 1.54) is 0 Å². The van der Waals surface area contributed by atoms with Crippen LogP contribution in [0.15, 0.2) is 0 Å². The zero-order valence-corrected chi connectivity index (χ0v) is 12.4. The van der Waals surface area contributed by atoms with E-state index in [1.807, 2.05) is 0 Å². The lowest BCUT2D eigenvalue weighted by Crippen LogP contribution is -2.56. The predicted molar refractivity (Wildman–Crippen MR) is 77.7 cm³/mol. The molecule has 0 aromatic carbocycles. The normalized spacial score (nSPS) is 24.0. The molecule has 1 saturated heterocycles. The van der Waals surface area contributed by atoms with E-state index in [2.05, 4.69) is 23.2 Å². The number of nitriles is 1. The Kier molecular flexibility index (Phi) is 5.00. The van der Waals surface area contributed by atoms with Crippen LogP contribution in [0, 0.1) is 23.2 Å². The number of piperidine rings is 1. The lowest BCUT2D eigenvalue weighted by Gasteiger charge is -2.37. The smallest absolute Gasteiger partial charge is 0.220 e. The van der Waals surface area contributed by atoms with Crippen molar-refractivity contribution in [2.75, 3.05) is 26.2 Å². The molecule has 5 nitrogen and oxygen atoms in total. The third kappa shape index (κ3) is 3.50. The first-order chi connectivity index (χ1) is 9.61. The number of hydrogen-bond donors (Lipinski definition) is 2. The van der Waals surface area contributed by atoms with Gasteiger partial charge in [0.05, 0.1) is 6.07 Å². The number of carbonyl (C=O) groups excluding carboxylic acids is 1. The molecule has 0 aromatic heterocycles. The van der Waals surface area contributed by atoms with Crippen molar-refractivity contribution in [2.45, 2.75) is 44.6 Å². The lowest BCUT2D eigenvalue weighted by molar-refractivity contribution is -0.123. The van der Waals surface area contributed by atoms with Gasteiger partial charge in [-0.05, 0) is 57.7 Å². The van der Waals surface area contributed by atoms with Crippen LogP contribution in [0.5, 0.6) is 0 Å². The van der Waals surface area contributed by atoms with E-state index in [-0.39, 0.29) is 11.8 Å². The fourth-order valence-electron chi connectivity index (χ4n) is 3.15. The van der Waals surface area contributed by atoms with Gasteiger partial charge in [0.15, 0.2) is 0 Å². The van der Waals surface area contributed by atoms with Crippen molar-refractivity contribution in [3.05, 3.63) is 0 Å². The Morgan fingerprint density at radius 1 is 1.40 bits per heavy atom. The van der Waals surface area contributed by atoms with Gasteiger partial charge in [-0.1, -0.05) is 6.92 Å². The maximum absolute atomic E-state index is 11.2. The van der Waals surface area contributed by atoms with Crippen LogP contribution in [0.25, 0.3) is 0 Å². The monoisotopic (exact) mass is 278 g/mol. The van der Waals surface area contributed by atoms with Gasteiger partial charge in [0.1, 0.15) is 5.54 Å². The highest BCUT2D eigenvalue weighted by Crippen LogP contribution is 2.40. The summed E-state index contributed by atoms with van der Waals surface area (Å²) in [6.45, 7) is 5.54. The van der Waals surface area contributed by atoms with Crippen molar-refractivity contribution < 1.29 is 4.79 Å². The summed E-state index contributed by atoms with van der Waals surface area (Å²) in [5.41, 5.74) is 4.97. The second-order valence-corrected chi connectivity index (χ2v) is 6.24. The van der Waals surface area contributed by atoms with Gasteiger partial charge in [-0.15, -0.1) is 0 Å². The van der Waals surface area contributed by atoms with Gasteiger partial charge in [-0.3, -0.25) is 10.1 Å². The minimum absolute atomic E-state index is 0.0206. The summed E-state index contributed by atoms with van der Waals surface area (Å²) in [4.78, 5) is 13.5.